The topological polar surface area (TPSA) is 75.6 Å². The van der Waals surface area contributed by atoms with Gasteiger partial charge in [0.1, 0.15) is 6.61 Å². The molecule has 0 aliphatic heterocycles. The average Bonchev–Trinajstić information content (AvgIpc) is 2.25. The predicted octanol–water partition coefficient (Wildman–Crippen LogP) is 2.77. The van der Waals surface area contributed by atoms with Crippen molar-refractivity contribution in [3.8, 4) is 0 Å². The molecule has 0 fully saturated rings. The third kappa shape index (κ3) is 4.16. The number of carbonyl (C=O) groups is 2. The number of benzene rings is 1. The number of halogens is 1. The van der Waals surface area contributed by atoms with Crippen LogP contribution in [0.4, 0.5) is 10.5 Å². The Balaban J connectivity index is 2.80. The summed E-state index contributed by atoms with van der Waals surface area (Å²) in [4.78, 5) is 21.9. The number of amides is 1. The summed E-state index contributed by atoms with van der Waals surface area (Å²) in [5.41, 5.74) is 0.237. The summed E-state index contributed by atoms with van der Waals surface area (Å²) in [5.74, 6) is -1.13. The molecule has 1 amide bonds. The van der Waals surface area contributed by atoms with Crippen molar-refractivity contribution in [3.63, 3.8) is 0 Å². The minimum atomic E-state index is -1.13. The monoisotopic (exact) mass is 255 g/mol. The van der Waals surface area contributed by atoms with Crippen LogP contribution in [0.5, 0.6) is 0 Å². The lowest BCUT2D eigenvalue weighted by Gasteiger charge is -2.06. The van der Waals surface area contributed by atoms with E-state index in [0.29, 0.717) is 0 Å². The molecule has 0 radical (unpaired) electrons. The maximum atomic E-state index is 11.2. The minimum absolute atomic E-state index is 0.0171. The summed E-state index contributed by atoms with van der Waals surface area (Å²) in [5, 5.41) is 11.4. The van der Waals surface area contributed by atoms with Crippen LogP contribution in [-0.4, -0.2) is 23.8 Å². The number of carboxylic acid groups (broad SMARTS) is 1. The highest BCUT2D eigenvalue weighted by Gasteiger charge is 2.08. The predicted molar refractivity (Wildman–Crippen MR) is 63.6 cm³/mol. The summed E-state index contributed by atoms with van der Waals surface area (Å²) in [7, 11) is 0. The van der Waals surface area contributed by atoms with Crippen molar-refractivity contribution in [3.05, 3.63) is 41.4 Å². The van der Waals surface area contributed by atoms with E-state index in [1.807, 2.05) is 0 Å². The Kier molecular flexibility index (Phi) is 4.54. The van der Waals surface area contributed by atoms with E-state index in [1.165, 1.54) is 24.3 Å². The van der Waals surface area contributed by atoms with Crippen molar-refractivity contribution < 1.29 is 19.4 Å². The molecule has 0 saturated carbocycles. The molecular formula is C11H10ClNO4. The normalized spacial score (nSPS) is 9.47. The fraction of sp³-hybridized carbons (Fsp3) is 0.0909. The van der Waals surface area contributed by atoms with Gasteiger partial charge in [0.25, 0.3) is 0 Å². The Morgan fingerprint density at radius 2 is 2.18 bits per heavy atom. The van der Waals surface area contributed by atoms with Gasteiger partial charge in [-0.25, -0.2) is 9.59 Å². The zero-order valence-electron chi connectivity index (χ0n) is 8.77. The van der Waals surface area contributed by atoms with Gasteiger partial charge in [0, 0.05) is 10.7 Å². The summed E-state index contributed by atoms with van der Waals surface area (Å²) < 4.78 is 4.68. The van der Waals surface area contributed by atoms with Gasteiger partial charge in [0.05, 0.1) is 5.56 Å². The van der Waals surface area contributed by atoms with E-state index in [1.54, 1.807) is 0 Å². The molecule has 0 atom stereocenters. The van der Waals surface area contributed by atoms with E-state index in [9.17, 15) is 9.59 Å². The van der Waals surface area contributed by atoms with Crippen molar-refractivity contribution in [1.29, 1.82) is 0 Å². The Morgan fingerprint density at radius 3 is 2.76 bits per heavy atom. The van der Waals surface area contributed by atoms with Crippen LogP contribution < -0.4 is 5.32 Å². The largest absolute Gasteiger partial charge is 0.478 e. The van der Waals surface area contributed by atoms with Crippen LogP contribution in [0.2, 0.25) is 5.02 Å². The second kappa shape index (κ2) is 5.91. The number of ether oxygens (including phenoxy) is 1. The molecule has 17 heavy (non-hydrogen) atoms. The fourth-order valence-corrected chi connectivity index (χ4v) is 1.31. The number of nitrogens with one attached hydrogen (secondary N) is 1. The second-order valence-corrected chi connectivity index (χ2v) is 3.48. The number of hydrogen-bond donors (Lipinski definition) is 2. The molecule has 6 heteroatoms. The van der Waals surface area contributed by atoms with Crippen molar-refractivity contribution in [1.82, 2.24) is 0 Å². The first kappa shape index (κ1) is 13.1. The number of anilines is 1. The zero-order valence-corrected chi connectivity index (χ0v) is 9.53. The molecule has 1 aromatic rings. The highest BCUT2D eigenvalue weighted by atomic mass is 35.5. The van der Waals surface area contributed by atoms with Crippen molar-refractivity contribution >= 4 is 29.4 Å². The first-order valence-electron chi connectivity index (χ1n) is 4.61. The number of aromatic carboxylic acids is 1. The lowest BCUT2D eigenvalue weighted by Crippen LogP contribution is -2.14. The number of hydrogen-bond acceptors (Lipinski definition) is 3. The highest BCUT2D eigenvalue weighted by molar-refractivity contribution is 6.31. The molecule has 1 rings (SSSR count). The van der Waals surface area contributed by atoms with Gasteiger partial charge in [0.15, 0.2) is 0 Å². The van der Waals surface area contributed by atoms with Gasteiger partial charge in [-0.2, -0.15) is 0 Å². The maximum Gasteiger partial charge on any atom is 0.411 e. The van der Waals surface area contributed by atoms with Crippen LogP contribution in [-0.2, 0) is 4.74 Å². The van der Waals surface area contributed by atoms with Gasteiger partial charge in [-0.1, -0.05) is 24.3 Å². The van der Waals surface area contributed by atoms with Gasteiger partial charge in [-0.15, -0.1) is 0 Å². The van der Waals surface area contributed by atoms with Crippen molar-refractivity contribution in [2.75, 3.05) is 11.9 Å². The Hall–Kier alpha value is -2.01. The van der Waals surface area contributed by atoms with E-state index in [2.05, 4.69) is 16.6 Å². The van der Waals surface area contributed by atoms with Crippen LogP contribution in [0.25, 0.3) is 0 Å². The summed E-state index contributed by atoms with van der Waals surface area (Å²) in [6.45, 7) is 3.45. The molecule has 0 spiro atoms. The minimum Gasteiger partial charge on any atom is -0.478 e. The van der Waals surface area contributed by atoms with Gasteiger partial charge < -0.3 is 9.84 Å². The van der Waals surface area contributed by atoms with Crippen molar-refractivity contribution in [2.24, 2.45) is 0 Å². The van der Waals surface area contributed by atoms with E-state index in [0.717, 1.165) is 0 Å². The molecule has 2 N–H and O–H groups in total. The first-order valence-corrected chi connectivity index (χ1v) is 4.99. The SMILES string of the molecule is C=CCOC(=O)Nc1cc(Cl)cc(C(=O)O)c1. The van der Waals surface area contributed by atoms with Crippen LogP contribution >= 0.6 is 11.6 Å². The van der Waals surface area contributed by atoms with Gasteiger partial charge in [0.2, 0.25) is 0 Å². The molecule has 90 valence electrons. The third-order valence-electron chi connectivity index (χ3n) is 1.72. The molecule has 0 saturated heterocycles. The lowest BCUT2D eigenvalue weighted by molar-refractivity contribution is 0.0697. The molecule has 0 heterocycles. The number of carbonyl (C=O) groups excluding carboxylic acids is 1. The smallest absolute Gasteiger partial charge is 0.411 e. The van der Waals surface area contributed by atoms with Gasteiger partial charge >= 0.3 is 12.1 Å². The third-order valence-corrected chi connectivity index (χ3v) is 1.94. The molecule has 0 bridgehead atoms. The molecule has 1 aromatic carbocycles. The zero-order chi connectivity index (χ0) is 12.8. The maximum absolute atomic E-state index is 11.2. The summed E-state index contributed by atoms with van der Waals surface area (Å²) in [6.07, 6.45) is 0.712. The summed E-state index contributed by atoms with van der Waals surface area (Å²) >= 11 is 5.71. The van der Waals surface area contributed by atoms with E-state index in [4.69, 9.17) is 16.7 Å². The van der Waals surface area contributed by atoms with Crippen LogP contribution in [0.15, 0.2) is 30.9 Å². The average molecular weight is 256 g/mol. The quantitative estimate of drug-likeness (QED) is 0.811. The van der Waals surface area contributed by atoms with E-state index >= 15 is 0 Å². The van der Waals surface area contributed by atoms with Crippen LogP contribution in [0.3, 0.4) is 0 Å². The molecule has 0 aliphatic carbocycles. The van der Waals surface area contributed by atoms with Crippen LogP contribution in [0, 0.1) is 0 Å². The Morgan fingerprint density at radius 1 is 1.47 bits per heavy atom. The molecule has 0 aromatic heterocycles. The molecule has 0 unspecified atom stereocenters. The Bertz CT molecular complexity index is 459. The molecular weight excluding hydrogens is 246 g/mol. The highest BCUT2D eigenvalue weighted by Crippen LogP contribution is 2.19. The fourth-order valence-electron chi connectivity index (χ4n) is 1.07. The van der Waals surface area contributed by atoms with Gasteiger partial charge in [-0.3, -0.25) is 5.32 Å². The van der Waals surface area contributed by atoms with E-state index in [-0.39, 0.29) is 22.9 Å². The number of rotatable bonds is 4. The summed E-state index contributed by atoms with van der Waals surface area (Å²) in [6, 6.07) is 3.98. The molecule has 0 aliphatic rings. The van der Waals surface area contributed by atoms with Gasteiger partial charge in [-0.05, 0) is 18.2 Å². The first-order chi connectivity index (χ1) is 8.02. The van der Waals surface area contributed by atoms with Crippen molar-refractivity contribution in [2.45, 2.75) is 0 Å². The number of carboxylic acids is 1. The van der Waals surface area contributed by atoms with E-state index < -0.39 is 12.1 Å². The second-order valence-electron chi connectivity index (χ2n) is 3.05. The Labute approximate surface area is 103 Å². The van der Waals surface area contributed by atoms with Crippen LogP contribution in [0.1, 0.15) is 10.4 Å². The molecule has 5 nitrogen and oxygen atoms in total. The lowest BCUT2D eigenvalue weighted by atomic mass is 10.2. The standard InChI is InChI=1S/C11H10ClNO4/c1-2-3-17-11(16)13-9-5-7(10(14)15)4-8(12)6-9/h2,4-6H,1,3H2,(H,13,16)(H,14,15).